The molecule has 0 radical (unpaired) electrons. The summed E-state index contributed by atoms with van der Waals surface area (Å²) in [6.45, 7) is 0.137. The molecule has 0 saturated heterocycles. The molecule has 2 aliphatic rings. The first-order valence-corrected chi connectivity index (χ1v) is 10.7. The number of carbonyl (C=O) groups excluding carboxylic acids is 1. The number of amides is 1. The summed E-state index contributed by atoms with van der Waals surface area (Å²) in [6, 6.07) is 20.7. The number of ether oxygens (including phenoxy) is 1. The summed E-state index contributed by atoms with van der Waals surface area (Å²) in [4.78, 5) is 26.7. The van der Waals surface area contributed by atoms with Crippen LogP contribution in [0.4, 0.5) is 4.79 Å². The summed E-state index contributed by atoms with van der Waals surface area (Å²) in [5.74, 6) is -1.18. The smallest absolute Gasteiger partial charge is 0.411 e. The van der Waals surface area contributed by atoms with Gasteiger partial charge in [0, 0.05) is 12.0 Å². The van der Waals surface area contributed by atoms with Crippen LogP contribution in [0.25, 0.3) is 11.1 Å². The summed E-state index contributed by atoms with van der Waals surface area (Å²) in [5, 5.41) is 19.5. The summed E-state index contributed by atoms with van der Waals surface area (Å²) in [6.07, 6.45) is 0.854. The minimum absolute atomic E-state index is 0.0389. The molecule has 32 heavy (non-hydrogen) atoms. The van der Waals surface area contributed by atoms with Crippen LogP contribution in [0.15, 0.2) is 72.8 Å². The van der Waals surface area contributed by atoms with Crippen LogP contribution in [0.5, 0.6) is 5.75 Å². The van der Waals surface area contributed by atoms with Gasteiger partial charge in [0.2, 0.25) is 0 Å². The Bertz CT molecular complexity index is 1120. The fraction of sp³-hybridized carbons (Fsp3) is 0.231. The Balaban J connectivity index is 1.40. The zero-order valence-electron chi connectivity index (χ0n) is 17.3. The van der Waals surface area contributed by atoms with Crippen LogP contribution < -0.4 is 0 Å². The van der Waals surface area contributed by atoms with Crippen molar-refractivity contribution in [3.8, 4) is 16.9 Å². The van der Waals surface area contributed by atoms with E-state index in [0.717, 1.165) is 35.1 Å². The van der Waals surface area contributed by atoms with E-state index in [1.165, 1.54) is 29.2 Å². The molecular weight excluding hydrogens is 406 g/mol. The first-order valence-electron chi connectivity index (χ1n) is 10.7. The van der Waals surface area contributed by atoms with Crippen molar-refractivity contribution < 1.29 is 24.5 Å². The molecule has 0 bridgehead atoms. The topological polar surface area (TPSA) is 87.1 Å². The molecule has 162 valence electrons. The van der Waals surface area contributed by atoms with Crippen LogP contribution in [-0.4, -0.2) is 39.8 Å². The number of aliphatic carboxylic acids is 1. The highest BCUT2D eigenvalue weighted by Gasteiger charge is 2.43. The molecule has 2 aliphatic carbocycles. The van der Waals surface area contributed by atoms with Crippen molar-refractivity contribution in [2.24, 2.45) is 0 Å². The molecule has 1 saturated carbocycles. The number of aromatic hydroxyl groups is 1. The normalized spacial score (nSPS) is 15.5. The number of carboxylic acid groups (broad SMARTS) is 1. The van der Waals surface area contributed by atoms with Crippen LogP contribution in [0.1, 0.15) is 41.5 Å². The van der Waals surface area contributed by atoms with Gasteiger partial charge < -0.3 is 14.9 Å². The number of hydrogen-bond acceptors (Lipinski definition) is 4. The molecule has 2 N–H and O–H groups in total. The average molecular weight is 429 g/mol. The van der Waals surface area contributed by atoms with Gasteiger partial charge in [-0.1, -0.05) is 60.7 Å². The molecule has 1 amide bonds. The lowest BCUT2D eigenvalue weighted by Gasteiger charge is -2.29. The Morgan fingerprint density at radius 3 is 2.00 bits per heavy atom. The van der Waals surface area contributed by atoms with Crippen molar-refractivity contribution in [2.45, 2.75) is 30.8 Å². The highest BCUT2D eigenvalue weighted by Crippen LogP contribution is 2.45. The van der Waals surface area contributed by atoms with E-state index in [-0.39, 0.29) is 24.3 Å². The maximum atomic E-state index is 13.2. The zero-order valence-corrected chi connectivity index (χ0v) is 17.3. The van der Waals surface area contributed by atoms with Gasteiger partial charge in [-0.25, -0.2) is 9.59 Å². The van der Waals surface area contributed by atoms with Gasteiger partial charge >= 0.3 is 12.1 Å². The maximum Gasteiger partial charge on any atom is 0.411 e. The van der Waals surface area contributed by atoms with E-state index in [9.17, 15) is 19.8 Å². The Kier molecular flexibility index (Phi) is 5.05. The molecule has 3 aromatic rings. The molecule has 0 spiro atoms. The second-order valence-electron chi connectivity index (χ2n) is 8.27. The lowest BCUT2D eigenvalue weighted by Crippen LogP contribution is -2.41. The third-order valence-corrected chi connectivity index (χ3v) is 6.21. The van der Waals surface area contributed by atoms with Gasteiger partial charge in [0.15, 0.2) is 6.04 Å². The van der Waals surface area contributed by atoms with Crippen molar-refractivity contribution in [3.05, 3.63) is 89.5 Å². The number of phenols is 1. The molecule has 1 fully saturated rings. The van der Waals surface area contributed by atoms with E-state index < -0.39 is 18.1 Å². The fourth-order valence-corrected chi connectivity index (χ4v) is 4.57. The van der Waals surface area contributed by atoms with Gasteiger partial charge in [-0.15, -0.1) is 0 Å². The predicted molar refractivity (Wildman–Crippen MR) is 118 cm³/mol. The van der Waals surface area contributed by atoms with Gasteiger partial charge in [-0.05, 0) is 52.8 Å². The van der Waals surface area contributed by atoms with Crippen LogP contribution in [0.3, 0.4) is 0 Å². The molecule has 0 heterocycles. The van der Waals surface area contributed by atoms with E-state index in [2.05, 4.69) is 12.1 Å². The number of carbonyl (C=O) groups is 2. The lowest BCUT2D eigenvalue weighted by molar-refractivity contribution is -0.143. The number of phenolic OH excluding ortho intramolecular Hbond substituents is 1. The summed E-state index contributed by atoms with van der Waals surface area (Å²) in [7, 11) is 0. The third-order valence-electron chi connectivity index (χ3n) is 6.21. The van der Waals surface area contributed by atoms with E-state index in [4.69, 9.17) is 4.74 Å². The van der Waals surface area contributed by atoms with Gasteiger partial charge in [-0.2, -0.15) is 0 Å². The SMILES string of the molecule is O=C(O)C(c1ccc(O)cc1)N(C(=O)OCC1c2ccccc2-c2ccccc21)C1CC1. The number of rotatable bonds is 6. The van der Waals surface area contributed by atoms with E-state index >= 15 is 0 Å². The molecule has 6 heteroatoms. The Morgan fingerprint density at radius 1 is 0.906 bits per heavy atom. The summed E-state index contributed by atoms with van der Waals surface area (Å²) >= 11 is 0. The van der Waals surface area contributed by atoms with Crippen molar-refractivity contribution >= 4 is 12.1 Å². The molecule has 1 unspecified atom stereocenters. The first kappa shape index (κ1) is 20.1. The van der Waals surface area contributed by atoms with Gasteiger partial charge in [0.1, 0.15) is 12.4 Å². The maximum absolute atomic E-state index is 13.2. The molecule has 0 aliphatic heterocycles. The number of hydrogen-bond donors (Lipinski definition) is 2. The molecular formula is C26H23NO5. The van der Waals surface area contributed by atoms with E-state index in [1.54, 1.807) is 0 Å². The van der Waals surface area contributed by atoms with Crippen molar-refractivity contribution in [1.82, 2.24) is 4.90 Å². The standard InChI is InChI=1S/C26H23NO5/c28-18-13-9-16(10-14-18)24(25(29)30)27(17-11-12-17)26(31)32-15-23-21-7-3-1-5-19(21)20-6-2-4-8-22(20)23/h1-10,13-14,17,23-24,28H,11-12,15H2,(H,29,30). The Hall–Kier alpha value is -3.80. The molecule has 5 rings (SSSR count). The second-order valence-corrected chi connectivity index (χ2v) is 8.27. The van der Waals surface area contributed by atoms with Crippen molar-refractivity contribution in [1.29, 1.82) is 0 Å². The average Bonchev–Trinajstić information content (AvgIpc) is 3.58. The largest absolute Gasteiger partial charge is 0.508 e. The quantitative estimate of drug-likeness (QED) is 0.580. The third kappa shape index (κ3) is 3.58. The second kappa shape index (κ2) is 8.04. The van der Waals surface area contributed by atoms with E-state index in [1.807, 2.05) is 36.4 Å². The highest BCUT2D eigenvalue weighted by molar-refractivity contribution is 5.82. The van der Waals surface area contributed by atoms with Crippen molar-refractivity contribution in [2.75, 3.05) is 6.61 Å². The van der Waals surface area contributed by atoms with E-state index in [0.29, 0.717) is 5.56 Å². The Labute approximate surface area is 185 Å². The first-order chi connectivity index (χ1) is 15.5. The number of benzene rings is 3. The van der Waals surface area contributed by atoms with Gasteiger partial charge in [-0.3, -0.25) is 4.90 Å². The number of carboxylic acids is 1. The van der Waals surface area contributed by atoms with Crippen LogP contribution >= 0.6 is 0 Å². The van der Waals surface area contributed by atoms with Gasteiger partial charge in [0.25, 0.3) is 0 Å². The lowest BCUT2D eigenvalue weighted by atomic mass is 9.98. The number of fused-ring (bicyclic) bond motifs is 3. The molecule has 6 nitrogen and oxygen atoms in total. The molecule has 3 aromatic carbocycles. The fourth-order valence-electron chi connectivity index (χ4n) is 4.57. The van der Waals surface area contributed by atoms with Crippen LogP contribution in [0, 0.1) is 0 Å². The minimum Gasteiger partial charge on any atom is -0.508 e. The monoisotopic (exact) mass is 429 g/mol. The molecule has 0 aromatic heterocycles. The van der Waals surface area contributed by atoms with Crippen LogP contribution in [-0.2, 0) is 9.53 Å². The van der Waals surface area contributed by atoms with Gasteiger partial charge in [0.05, 0.1) is 0 Å². The van der Waals surface area contributed by atoms with Crippen LogP contribution in [0.2, 0.25) is 0 Å². The molecule has 1 atom stereocenters. The minimum atomic E-state index is -1.17. The summed E-state index contributed by atoms with van der Waals surface area (Å²) < 4.78 is 5.75. The highest BCUT2D eigenvalue weighted by atomic mass is 16.6. The van der Waals surface area contributed by atoms with Crippen molar-refractivity contribution in [3.63, 3.8) is 0 Å². The zero-order chi connectivity index (χ0) is 22.2. The Morgan fingerprint density at radius 2 is 1.47 bits per heavy atom. The predicted octanol–water partition coefficient (Wildman–Crippen LogP) is 4.93. The number of nitrogens with zero attached hydrogens (tertiary/aromatic N) is 1. The summed E-state index contributed by atoms with van der Waals surface area (Å²) in [5.41, 5.74) is 4.91.